The van der Waals surface area contributed by atoms with Crippen molar-refractivity contribution in [1.82, 2.24) is 14.8 Å². The van der Waals surface area contributed by atoms with Gasteiger partial charge in [0.05, 0.1) is 13.2 Å². The fraction of sp³-hybridized carbons (Fsp3) is 0.611. The monoisotopic (exact) mass is 360 g/mol. The van der Waals surface area contributed by atoms with Crippen molar-refractivity contribution in [3.8, 4) is 0 Å². The zero-order valence-corrected chi connectivity index (χ0v) is 14.8. The van der Waals surface area contributed by atoms with Gasteiger partial charge in [-0.15, -0.1) is 0 Å². The van der Waals surface area contributed by atoms with Crippen LogP contribution in [0.5, 0.6) is 0 Å². The Morgan fingerprint density at radius 2 is 1.50 bits per heavy atom. The summed E-state index contributed by atoms with van der Waals surface area (Å²) in [4.78, 5) is 34.9. The van der Waals surface area contributed by atoms with Gasteiger partial charge in [-0.05, 0) is 12.1 Å². The standard InChI is InChI=1S/C18H24N4O4/c23-16(21-7-4-18(5-8-21)25-13-14-26-18)17(24)22-11-9-20(10-12-22)15-3-1-2-6-19-15/h1-3,6H,4-5,7-14H2. The normalized spacial score (nSPS) is 22.7. The Morgan fingerprint density at radius 3 is 2.08 bits per heavy atom. The number of hydrogen-bond acceptors (Lipinski definition) is 6. The number of pyridine rings is 1. The quantitative estimate of drug-likeness (QED) is 0.661. The van der Waals surface area contributed by atoms with Gasteiger partial charge in [-0.25, -0.2) is 4.98 Å². The Bertz CT molecular complexity index is 644. The van der Waals surface area contributed by atoms with Crippen molar-refractivity contribution in [2.24, 2.45) is 0 Å². The fourth-order valence-corrected chi connectivity index (χ4v) is 3.79. The van der Waals surface area contributed by atoms with E-state index in [9.17, 15) is 9.59 Å². The average molecular weight is 360 g/mol. The summed E-state index contributed by atoms with van der Waals surface area (Å²) in [5.41, 5.74) is 0. The van der Waals surface area contributed by atoms with E-state index in [1.165, 1.54) is 0 Å². The number of aromatic nitrogens is 1. The molecule has 4 heterocycles. The third kappa shape index (κ3) is 3.39. The van der Waals surface area contributed by atoms with Crippen LogP contribution in [0.2, 0.25) is 0 Å². The minimum atomic E-state index is -0.534. The first-order valence-electron chi connectivity index (χ1n) is 9.19. The van der Waals surface area contributed by atoms with E-state index in [1.807, 2.05) is 18.2 Å². The third-order valence-corrected chi connectivity index (χ3v) is 5.35. The van der Waals surface area contributed by atoms with Crippen LogP contribution in [0, 0.1) is 0 Å². The minimum absolute atomic E-state index is 0.408. The highest BCUT2D eigenvalue weighted by Gasteiger charge is 2.42. The van der Waals surface area contributed by atoms with Gasteiger partial charge < -0.3 is 24.2 Å². The fourth-order valence-electron chi connectivity index (χ4n) is 3.79. The summed E-state index contributed by atoms with van der Waals surface area (Å²) in [6.45, 7) is 4.63. The van der Waals surface area contributed by atoms with Gasteiger partial charge in [0.25, 0.3) is 0 Å². The Hall–Kier alpha value is -2.19. The molecule has 8 heteroatoms. The van der Waals surface area contributed by atoms with Crippen molar-refractivity contribution < 1.29 is 19.1 Å². The highest BCUT2D eigenvalue weighted by Crippen LogP contribution is 2.31. The van der Waals surface area contributed by atoms with Crippen molar-refractivity contribution in [3.05, 3.63) is 24.4 Å². The molecule has 140 valence electrons. The minimum Gasteiger partial charge on any atom is -0.353 e. The lowest BCUT2D eigenvalue weighted by atomic mass is 10.0. The summed E-state index contributed by atoms with van der Waals surface area (Å²) in [6.07, 6.45) is 3.01. The van der Waals surface area contributed by atoms with E-state index in [-0.39, 0.29) is 0 Å². The number of amides is 2. The predicted octanol–water partition coefficient (Wildman–Crippen LogP) is 0.0957. The van der Waals surface area contributed by atoms with Gasteiger partial charge in [0, 0.05) is 58.3 Å². The van der Waals surface area contributed by atoms with E-state index < -0.39 is 17.6 Å². The molecule has 3 aliphatic rings. The number of piperazine rings is 1. The van der Waals surface area contributed by atoms with Crippen molar-refractivity contribution in [1.29, 1.82) is 0 Å². The molecule has 0 N–H and O–H groups in total. The molecule has 0 bridgehead atoms. The number of anilines is 1. The van der Waals surface area contributed by atoms with E-state index in [2.05, 4.69) is 9.88 Å². The molecule has 0 aliphatic carbocycles. The molecule has 0 radical (unpaired) electrons. The van der Waals surface area contributed by atoms with Gasteiger partial charge in [-0.1, -0.05) is 6.07 Å². The first-order valence-corrected chi connectivity index (χ1v) is 9.19. The number of ether oxygens (including phenoxy) is 2. The van der Waals surface area contributed by atoms with E-state index in [0.29, 0.717) is 65.3 Å². The number of hydrogen-bond donors (Lipinski definition) is 0. The molecule has 1 aromatic heterocycles. The number of carbonyl (C=O) groups is 2. The Morgan fingerprint density at radius 1 is 0.885 bits per heavy atom. The molecule has 2 amide bonds. The van der Waals surface area contributed by atoms with Gasteiger partial charge in [-0.3, -0.25) is 9.59 Å². The van der Waals surface area contributed by atoms with Crippen molar-refractivity contribution in [2.75, 3.05) is 57.4 Å². The average Bonchev–Trinajstić information content (AvgIpc) is 3.16. The maximum atomic E-state index is 12.6. The molecule has 3 aliphatic heterocycles. The van der Waals surface area contributed by atoms with Crippen molar-refractivity contribution >= 4 is 17.6 Å². The lowest BCUT2D eigenvalue weighted by molar-refractivity contribution is -0.188. The molecule has 0 unspecified atom stereocenters. The summed E-state index contributed by atoms with van der Waals surface area (Å²) in [5.74, 6) is -0.448. The molecule has 3 saturated heterocycles. The molecule has 0 saturated carbocycles. The topological polar surface area (TPSA) is 75.2 Å². The van der Waals surface area contributed by atoms with Crippen LogP contribution < -0.4 is 4.90 Å². The van der Waals surface area contributed by atoms with Gasteiger partial charge in [-0.2, -0.15) is 0 Å². The Kier molecular flexibility index (Phi) is 4.78. The highest BCUT2D eigenvalue weighted by molar-refractivity contribution is 6.34. The molecular formula is C18H24N4O4. The molecular weight excluding hydrogens is 336 g/mol. The van der Waals surface area contributed by atoms with Gasteiger partial charge in [0.2, 0.25) is 0 Å². The van der Waals surface area contributed by atoms with Gasteiger partial charge >= 0.3 is 11.8 Å². The zero-order chi connectivity index (χ0) is 18.0. The van der Waals surface area contributed by atoms with Crippen LogP contribution in [0.15, 0.2) is 24.4 Å². The predicted molar refractivity (Wildman–Crippen MR) is 93.5 cm³/mol. The Balaban J connectivity index is 1.29. The molecule has 1 aromatic rings. The van der Waals surface area contributed by atoms with Crippen LogP contribution in [-0.2, 0) is 19.1 Å². The first-order chi connectivity index (χ1) is 12.7. The number of carbonyl (C=O) groups excluding carboxylic acids is 2. The zero-order valence-electron chi connectivity index (χ0n) is 14.8. The third-order valence-electron chi connectivity index (χ3n) is 5.35. The lowest BCUT2D eigenvalue weighted by Crippen LogP contribution is -2.55. The van der Waals surface area contributed by atoms with E-state index >= 15 is 0 Å². The van der Waals surface area contributed by atoms with Crippen LogP contribution in [0.4, 0.5) is 5.82 Å². The summed E-state index contributed by atoms with van der Waals surface area (Å²) in [6, 6.07) is 5.79. The molecule has 0 atom stereocenters. The Labute approximate surface area is 152 Å². The lowest BCUT2D eigenvalue weighted by Gasteiger charge is -2.39. The highest BCUT2D eigenvalue weighted by atomic mass is 16.7. The first kappa shape index (κ1) is 17.2. The smallest absolute Gasteiger partial charge is 0.312 e. The summed E-state index contributed by atoms with van der Waals surface area (Å²) < 4.78 is 11.3. The largest absolute Gasteiger partial charge is 0.353 e. The van der Waals surface area contributed by atoms with Crippen LogP contribution in [0.25, 0.3) is 0 Å². The second-order valence-electron chi connectivity index (χ2n) is 6.87. The van der Waals surface area contributed by atoms with Crippen LogP contribution in [0.1, 0.15) is 12.8 Å². The maximum absolute atomic E-state index is 12.6. The summed E-state index contributed by atoms with van der Waals surface area (Å²) in [5, 5.41) is 0. The second-order valence-corrected chi connectivity index (χ2v) is 6.87. The molecule has 1 spiro atoms. The van der Waals surface area contributed by atoms with Crippen LogP contribution in [-0.4, -0.2) is 84.9 Å². The van der Waals surface area contributed by atoms with E-state index in [0.717, 1.165) is 5.82 Å². The molecule has 3 fully saturated rings. The number of likely N-dealkylation sites (tertiary alicyclic amines) is 1. The van der Waals surface area contributed by atoms with Crippen molar-refractivity contribution in [3.63, 3.8) is 0 Å². The molecule has 0 aromatic carbocycles. The number of nitrogens with zero attached hydrogens (tertiary/aromatic N) is 4. The van der Waals surface area contributed by atoms with Gasteiger partial charge in [0.1, 0.15) is 5.82 Å². The van der Waals surface area contributed by atoms with Crippen molar-refractivity contribution in [2.45, 2.75) is 18.6 Å². The SMILES string of the molecule is O=C(C(=O)N1CCC2(CC1)OCCO2)N1CCN(c2ccccn2)CC1. The summed E-state index contributed by atoms with van der Waals surface area (Å²) in [7, 11) is 0. The van der Waals surface area contributed by atoms with Gasteiger partial charge in [0.15, 0.2) is 5.79 Å². The maximum Gasteiger partial charge on any atom is 0.312 e. The number of rotatable bonds is 1. The van der Waals surface area contributed by atoms with Crippen LogP contribution >= 0.6 is 0 Å². The second kappa shape index (κ2) is 7.20. The molecule has 26 heavy (non-hydrogen) atoms. The van der Waals surface area contributed by atoms with E-state index in [4.69, 9.17) is 9.47 Å². The summed E-state index contributed by atoms with van der Waals surface area (Å²) >= 11 is 0. The number of piperidine rings is 1. The molecule has 4 rings (SSSR count). The van der Waals surface area contributed by atoms with Crippen LogP contribution in [0.3, 0.4) is 0 Å². The van der Waals surface area contributed by atoms with E-state index in [1.54, 1.807) is 16.0 Å². The molecule has 8 nitrogen and oxygen atoms in total.